The Bertz CT molecular complexity index is 581. The maximum Gasteiger partial charge on any atom is 0.0841 e. The molecule has 1 aliphatic heterocycles. The minimum atomic E-state index is 0.149. The molecular formula is C17H20ClNO. The molecular weight excluding hydrogens is 270 g/mol. The van der Waals surface area contributed by atoms with Gasteiger partial charge in [0.05, 0.1) is 12.2 Å². The van der Waals surface area contributed by atoms with Crippen LogP contribution in [0.25, 0.3) is 10.8 Å². The van der Waals surface area contributed by atoms with Crippen molar-refractivity contribution in [3.8, 4) is 0 Å². The first-order chi connectivity index (χ1) is 9.76. The van der Waals surface area contributed by atoms with E-state index >= 15 is 0 Å². The first-order valence-electron chi connectivity index (χ1n) is 7.16. The number of benzene rings is 2. The fourth-order valence-electron chi connectivity index (χ4n) is 3.03. The Morgan fingerprint density at radius 3 is 2.80 bits per heavy atom. The van der Waals surface area contributed by atoms with Gasteiger partial charge < -0.3 is 4.74 Å². The molecule has 2 aromatic carbocycles. The number of hydrogen-bond acceptors (Lipinski definition) is 2. The molecule has 2 nitrogen and oxygen atoms in total. The Hall–Kier alpha value is -1.09. The molecule has 1 heterocycles. The van der Waals surface area contributed by atoms with Crippen LogP contribution in [0.1, 0.15) is 12.5 Å². The second kappa shape index (κ2) is 6.13. The number of morpholine rings is 1. The van der Waals surface area contributed by atoms with Crippen LogP contribution in [0.4, 0.5) is 0 Å². The highest BCUT2D eigenvalue weighted by Crippen LogP contribution is 2.22. The highest BCUT2D eigenvalue weighted by atomic mass is 35.5. The number of rotatable bonds is 3. The van der Waals surface area contributed by atoms with E-state index in [0.717, 1.165) is 19.6 Å². The van der Waals surface area contributed by atoms with Crippen LogP contribution in [0.2, 0.25) is 0 Å². The molecule has 0 aromatic heterocycles. The van der Waals surface area contributed by atoms with Gasteiger partial charge in [-0.2, -0.15) is 0 Å². The quantitative estimate of drug-likeness (QED) is 0.800. The molecule has 0 N–H and O–H groups in total. The van der Waals surface area contributed by atoms with E-state index in [9.17, 15) is 0 Å². The molecule has 106 valence electrons. The van der Waals surface area contributed by atoms with Gasteiger partial charge in [-0.15, -0.1) is 11.6 Å². The summed E-state index contributed by atoms with van der Waals surface area (Å²) in [6, 6.07) is 15.1. The summed E-state index contributed by atoms with van der Waals surface area (Å²) < 4.78 is 5.82. The molecule has 2 atom stereocenters. The predicted molar refractivity (Wildman–Crippen MR) is 84.3 cm³/mol. The third-order valence-electron chi connectivity index (χ3n) is 3.85. The van der Waals surface area contributed by atoms with E-state index in [2.05, 4.69) is 54.3 Å². The summed E-state index contributed by atoms with van der Waals surface area (Å²) in [7, 11) is 0. The first-order valence-corrected chi connectivity index (χ1v) is 7.70. The van der Waals surface area contributed by atoms with Gasteiger partial charge in [0, 0.05) is 25.5 Å². The number of fused-ring (bicyclic) bond motifs is 1. The Morgan fingerprint density at radius 1 is 1.15 bits per heavy atom. The van der Waals surface area contributed by atoms with Crippen molar-refractivity contribution in [1.29, 1.82) is 0 Å². The zero-order valence-corrected chi connectivity index (χ0v) is 12.5. The van der Waals surface area contributed by atoms with E-state index in [1.807, 2.05) is 0 Å². The molecule has 2 unspecified atom stereocenters. The van der Waals surface area contributed by atoms with E-state index in [1.165, 1.54) is 16.3 Å². The van der Waals surface area contributed by atoms with Crippen LogP contribution in [0.15, 0.2) is 42.5 Å². The number of ether oxygens (including phenoxy) is 1. The molecule has 3 rings (SSSR count). The first kappa shape index (κ1) is 13.9. The van der Waals surface area contributed by atoms with Crippen molar-refractivity contribution in [2.24, 2.45) is 0 Å². The number of hydrogen-bond donors (Lipinski definition) is 0. The summed E-state index contributed by atoms with van der Waals surface area (Å²) in [5.41, 5.74) is 1.38. The van der Waals surface area contributed by atoms with E-state index < -0.39 is 0 Å². The lowest BCUT2D eigenvalue weighted by Gasteiger charge is -2.36. The molecule has 1 saturated heterocycles. The summed E-state index contributed by atoms with van der Waals surface area (Å²) in [5, 5.41) is 2.65. The third-order valence-corrected chi connectivity index (χ3v) is 4.19. The zero-order valence-electron chi connectivity index (χ0n) is 11.8. The van der Waals surface area contributed by atoms with Crippen LogP contribution in [0.5, 0.6) is 0 Å². The lowest BCUT2D eigenvalue weighted by Crippen LogP contribution is -2.46. The Balaban J connectivity index is 1.82. The molecule has 0 bridgehead atoms. The minimum absolute atomic E-state index is 0.149. The van der Waals surface area contributed by atoms with Gasteiger partial charge in [-0.3, -0.25) is 4.90 Å². The van der Waals surface area contributed by atoms with Crippen molar-refractivity contribution in [2.45, 2.75) is 25.7 Å². The smallest absolute Gasteiger partial charge is 0.0841 e. The summed E-state index contributed by atoms with van der Waals surface area (Å²) >= 11 is 5.96. The molecule has 0 saturated carbocycles. The standard InChI is InChI=1S/C17H20ClNO/c1-13-10-19(12-16(9-18)20-13)11-15-7-4-6-14-5-2-3-8-17(14)15/h2-8,13,16H,9-12H2,1H3. The van der Waals surface area contributed by atoms with Crippen molar-refractivity contribution >= 4 is 22.4 Å². The van der Waals surface area contributed by atoms with E-state index in [1.54, 1.807) is 0 Å². The Morgan fingerprint density at radius 2 is 1.95 bits per heavy atom. The van der Waals surface area contributed by atoms with Gasteiger partial charge in [-0.25, -0.2) is 0 Å². The average Bonchev–Trinajstić information content (AvgIpc) is 2.47. The second-order valence-corrected chi connectivity index (χ2v) is 5.86. The third kappa shape index (κ3) is 2.98. The molecule has 1 fully saturated rings. The minimum Gasteiger partial charge on any atom is -0.371 e. The number of halogens is 1. The molecule has 0 radical (unpaired) electrons. The largest absolute Gasteiger partial charge is 0.371 e. The van der Waals surface area contributed by atoms with Crippen LogP contribution in [-0.4, -0.2) is 36.1 Å². The summed E-state index contributed by atoms with van der Waals surface area (Å²) in [6.07, 6.45) is 0.401. The maximum atomic E-state index is 5.96. The topological polar surface area (TPSA) is 12.5 Å². The fraction of sp³-hybridized carbons (Fsp3) is 0.412. The monoisotopic (exact) mass is 289 g/mol. The summed E-state index contributed by atoms with van der Waals surface area (Å²) in [4.78, 5) is 2.45. The number of alkyl halides is 1. The van der Waals surface area contributed by atoms with Crippen molar-refractivity contribution in [2.75, 3.05) is 19.0 Å². The van der Waals surface area contributed by atoms with E-state index in [-0.39, 0.29) is 12.2 Å². The normalized spacial score (nSPS) is 24.1. The highest BCUT2D eigenvalue weighted by molar-refractivity contribution is 6.18. The lowest BCUT2D eigenvalue weighted by molar-refractivity contribution is -0.0687. The molecule has 2 aromatic rings. The molecule has 0 amide bonds. The maximum absolute atomic E-state index is 5.96. The second-order valence-electron chi connectivity index (χ2n) is 5.56. The van der Waals surface area contributed by atoms with E-state index in [4.69, 9.17) is 16.3 Å². The van der Waals surface area contributed by atoms with Gasteiger partial charge in [0.1, 0.15) is 0 Å². The fourth-order valence-corrected chi connectivity index (χ4v) is 3.20. The van der Waals surface area contributed by atoms with Crippen molar-refractivity contribution < 1.29 is 4.74 Å². The highest BCUT2D eigenvalue weighted by Gasteiger charge is 2.24. The Labute approximate surface area is 125 Å². The van der Waals surface area contributed by atoms with E-state index in [0.29, 0.717) is 5.88 Å². The molecule has 0 spiro atoms. The van der Waals surface area contributed by atoms with Gasteiger partial charge in [0.15, 0.2) is 0 Å². The molecule has 3 heteroatoms. The summed E-state index contributed by atoms with van der Waals surface area (Å²) in [5.74, 6) is 0.566. The zero-order chi connectivity index (χ0) is 13.9. The lowest BCUT2D eigenvalue weighted by atomic mass is 10.0. The number of nitrogens with zero attached hydrogens (tertiary/aromatic N) is 1. The molecule has 0 aliphatic carbocycles. The van der Waals surface area contributed by atoms with Gasteiger partial charge >= 0.3 is 0 Å². The predicted octanol–water partition coefficient (Wildman–Crippen LogP) is 3.67. The van der Waals surface area contributed by atoms with Crippen LogP contribution in [0.3, 0.4) is 0 Å². The summed E-state index contributed by atoms with van der Waals surface area (Å²) in [6.45, 7) is 4.96. The van der Waals surface area contributed by atoms with Gasteiger partial charge in [-0.1, -0.05) is 42.5 Å². The molecule has 20 heavy (non-hydrogen) atoms. The Kier molecular flexibility index (Phi) is 4.25. The van der Waals surface area contributed by atoms with Crippen molar-refractivity contribution in [3.63, 3.8) is 0 Å². The van der Waals surface area contributed by atoms with Crippen LogP contribution in [-0.2, 0) is 11.3 Å². The van der Waals surface area contributed by atoms with Crippen LogP contribution < -0.4 is 0 Å². The van der Waals surface area contributed by atoms with Gasteiger partial charge in [-0.05, 0) is 23.3 Å². The average molecular weight is 290 g/mol. The van der Waals surface area contributed by atoms with Crippen LogP contribution >= 0.6 is 11.6 Å². The van der Waals surface area contributed by atoms with Crippen LogP contribution in [0, 0.1) is 0 Å². The molecule has 1 aliphatic rings. The van der Waals surface area contributed by atoms with Crippen molar-refractivity contribution in [3.05, 3.63) is 48.0 Å². The SMILES string of the molecule is CC1CN(Cc2cccc3ccccc23)CC(CCl)O1. The van der Waals surface area contributed by atoms with Crippen molar-refractivity contribution in [1.82, 2.24) is 4.90 Å². The van der Waals surface area contributed by atoms with Gasteiger partial charge in [0.2, 0.25) is 0 Å². The van der Waals surface area contributed by atoms with Gasteiger partial charge in [0.25, 0.3) is 0 Å².